The van der Waals surface area contributed by atoms with Gasteiger partial charge in [-0.05, 0) is 49.9 Å². The predicted octanol–water partition coefficient (Wildman–Crippen LogP) is 3.57. The Kier molecular flexibility index (Phi) is 6.53. The number of rotatable bonds is 7. The summed E-state index contributed by atoms with van der Waals surface area (Å²) in [6.45, 7) is 7.55. The maximum atomic E-state index is 5.57. The van der Waals surface area contributed by atoms with Gasteiger partial charge < -0.3 is 20.4 Å². The molecule has 6 heteroatoms. The lowest BCUT2D eigenvalue weighted by atomic mass is 10.1. The van der Waals surface area contributed by atoms with Crippen molar-refractivity contribution in [2.75, 3.05) is 13.6 Å². The zero-order chi connectivity index (χ0) is 19.9. The topological polar surface area (TPSA) is 74.3 Å². The van der Waals surface area contributed by atoms with Crippen molar-refractivity contribution in [1.82, 2.24) is 20.6 Å². The summed E-state index contributed by atoms with van der Waals surface area (Å²) < 4.78 is 5.57. The van der Waals surface area contributed by atoms with E-state index in [-0.39, 0.29) is 6.10 Å². The third kappa shape index (κ3) is 5.25. The third-order valence-electron chi connectivity index (χ3n) is 4.45. The lowest BCUT2D eigenvalue weighted by Crippen LogP contribution is -2.37. The van der Waals surface area contributed by atoms with Gasteiger partial charge in [0.25, 0.3) is 0 Å². The van der Waals surface area contributed by atoms with E-state index in [1.165, 1.54) is 22.0 Å². The Balaban J connectivity index is 1.48. The highest BCUT2D eigenvalue weighted by atomic mass is 16.5. The van der Waals surface area contributed by atoms with Crippen LogP contribution in [-0.4, -0.2) is 35.6 Å². The van der Waals surface area contributed by atoms with E-state index < -0.39 is 0 Å². The number of fused-ring (bicyclic) bond motifs is 1. The molecule has 1 aromatic carbocycles. The first kappa shape index (κ1) is 19.7. The van der Waals surface area contributed by atoms with Crippen molar-refractivity contribution in [3.63, 3.8) is 0 Å². The van der Waals surface area contributed by atoms with Gasteiger partial charge in [-0.2, -0.15) is 0 Å². The molecular weight excluding hydrogens is 350 g/mol. The number of aromatic amines is 1. The van der Waals surface area contributed by atoms with E-state index in [9.17, 15) is 0 Å². The van der Waals surface area contributed by atoms with Crippen molar-refractivity contribution in [2.24, 2.45) is 4.99 Å². The van der Waals surface area contributed by atoms with Crippen molar-refractivity contribution in [3.8, 4) is 5.88 Å². The minimum atomic E-state index is 0.126. The fourth-order valence-corrected chi connectivity index (χ4v) is 3.06. The molecule has 0 aliphatic carbocycles. The van der Waals surface area contributed by atoms with Gasteiger partial charge in [-0.25, -0.2) is 4.98 Å². The Hall–Kier alpha value is -3.02. The molecule has 0 atom stereocenters. The highest BCUT2D eigenvalue weighted by Crippen LogP contribution is 2.19. The second kappa shape index (κ2) is 9.26. The summed E-state index contributed by atoms with van der Waals surface area (Å²) in [6, 6.07) is 10.4. The zero-order valence-electron chi connectivity index (χ0n) is 17.0. The maximum absolute atomic E-state index is 5.57. The van der Waals surface area contributed by atoms with E-state index >= 15 is 0 Å². The van der Waals surface area contributed by atoms with Gasteiger partial charge in [-0.15, -0.1) is 0 Å². The molecule has 2 heterocycles. The summed E-state index contributed by atoms with van der Waals surface area (Å²) in [6.07, 6.45) is 4.97. The number of aryl methyl sites for hydroxylation is 1. The molecule has 3 N–H and O–H groups in total. The van der Waals surface area contributed by atoms with Crippen molar-refractivity contribution >= 4 is 16.9 Å². The van der Waals surface area contributed by atoms with Crippen LogP contribution < -0.4 is 15.4 Å². The molecular formula is C22H29N5O. The first-order valence-electron chi connectivity index (χ1n) is 9.68. The number of nitrogens with one attached hydrogen (secondary N) is 3. The molecule has 3 rings (SSSR count). The normalized spacial score (nSPS) is 11.8. The van der Waals surface area contributed by atoms with Gasteiger partial charge in [-0.1, -0.05) is 18.2 Å². The van der Waals surface area contributed by atoms with Gasteiger partial charge in [0.1, 0.15) is 0 Å². The Morgan fingerprint density at radius 1 is 1.21 bits per heavy atom. The summed E-state index contributed by atoms with van der Waals surface area (Å²) in [7, 11) is 1.78. The third-order valence-corrected chi connectivity index (χ3v) is 4.45. The van der Waals surface area contributed by atoms with Crippen molar-refractivity contribution in [2.45, 2.75) is 39.8 Å². The molecule has 3 aromatic rings. The van der Waals surface area contributed by atoms with Gasteiger partial charge in [0.2, 0.25) is 5.88 Å². The number of H-pyrrole nitrogens is 1. The Bertz CT molecular complexity index is 928. The number of aliphatic imine (C=N–C) groups is 1. The van der Waals surface area contributed by atoms with Gasteiger partial charge in [-0.3, -0.25) is 4.99 Å². The summed E-state index contributed by atoms with van der Waals surface area (Å²) >= 11 is 0. The fraction of sp³-hybridized carbons (Fsp3) is 0.364. The SMILES string of the molecule is CN=C(NCCc1c[nH]c2cc(C)ccc12)NCc1ccc(OC(C)C)nc1. The average Bonchev–Trinajstić information content (AvgIpc) is 3.07. The zero-order valence-corrected chi connectivity index (χ0v) is 17.0. The van der Waals surface area contributed by atoms with Gasteiger partial charge in [0.05, 0.1) is 6.10 Å². The van der Waals surface area contributed by atoms with Crippen LogP contribution in [0.2, 0.25) is 0 Å². The highest BCUT2D eigenvalue weighted by Gasteiger charge is 2.05. The van der Waals surface area contributed by atoms with Gasteiger partial charge >= 0.3 is 0 Å². The number of guanidine groups is 1. The van der Waals surface area contributed by atoms with E-state index in [0.717, 1.165) is 24.5 Å². The van der Waals surface area contributed by atoms with E-state index in [0.29, 0.717) is 12.4 Å². The van der Waals surface area contributed by atoms with Crippen LogP contribution >= 0.6 is 0 Å². The van der Waals surface area contributed by atoms with E-state index in [1.807, 2.05) is 32.2 Å². The minimum absolute atomic E-state index is 0.126. The molecule has 0 unspecified atom stereocenters. The summed E-state index contributed by atoms with van der Waals surface area (Å²) in [5.41, 5.74) is 4.84. The second-order valence-corrected chi connectivity index (χ2v) is 7.14. The predicted molar refractivity (Wildman–Crippen MR) is 115 cm³/mol. The largest absolute Gasteiger partial charge is 0.475 e. The summed E-state index contributed by atoms with van der Waals surface area (Å²) in [5, 5.41) is 7.97. The van der Waals surface area contributed by atoms with E-state index in [1.54, 1.807) is 7.05 Å². The standard InChI is InChI=1S/C22H29N5O/c1-15(2)28-21-8-6-17(12-26-21)13-27-22(23-4)24-10-9-18-14-25-20-11-16(3)5-7-19(18)20/h5-8,11-12,14-15,25H,9-10,13H2,1-4H3,(H2,23,24,27). The quantitative estimate of drug-likeness (QED) is 0.433. The van der Waals surface area contributed by atoms with Crippen LogP contribution in [-0.2, 0) is 13.0 Å². The number of hydrogen-bond acceptors (Lipinski definition) is 3. The van der Waals surface area contributed by atoms with Crippen LogP contribution in [0.25, 0.3) is 10.9 Å². The fourth-order valence-electron chi connectivity index (χ4n) is 3.06. The molecule has 0 spiro atoms. The van der Waals surface area contributed by atoms with Crippen LogP contribution in [0.4, 0.5) is 0 Å². The summed E-state index contributed by atoms with van der Waals surface area (Å²) in [5.74, 6) is 1.42. The molecule has 2 aromatic heterocycles. The van der Waals surface area contributed by atoms with Crippen molar-refractivity contribution in [3.05, 3.63) is 59.4 Å². The Morgan fingerprint density at radius 2 is 2.07 bits per heavy atom. The van der Waals surface area contributed by atoms with E-state index in [2.05, 4.69) is 56.9 Å². The highest BCUT2D eigenvalue weighted by molar-refractivity contribution is 5.84. The molecule has 148 valence electrons. The molecule has 0 saturated heterocycles. The van der Waals surface area contributed by atoms with Gasteiger partial charge in [0, 0.05) is 49.5 Å². The molecule has 0 saturated carbocycles. The van der Waals surface area contributed by atoms with Crippen LogP contribution in [0, 0.1) is 6.92 Å². The van der Waals surface area contributed by atoms with Crippen LogP contribution in [0.3, 0.4) is 0 Å². The first-order valence-corrected chi connectivity index (χ1v) is 9.68. The molecule has 0 fully saturated rings. The first-order chi connectivity index (χ1) is 13.5. The van der Waals surface area contributed by atoms with E-state index in [4.69, 9.17) is 4.74 Å². The lowest BCUT2D eigenvalue weighted by Gasteiger charge is -2.12. The number of pyridine rings is 1. The smallest absolute Gasteiger partial charge is 0.213 e. The molecule has 28 heavy (non-hydrogen) atoms. The molecule has 0 aliphatic rings. The minimum Gasteiger partial charge on any atom is -0.475 e. The molecule has 0 amide bonds. The van der Waals surface area contributed by atoms with Crippen LogP contribution in [0.5, 0.6) is 5.88 Å². The number of ether oxygens (including phenoxy) is 1. The van der Waals surface area contributed by atoms with Crippen molar-refractivity contribution in [1.29, 1.82) is 0 Å². The molecule has 0 bridgehead atoms. The Labute approximate surface area is 166 Å². The number of benzene rings is 1. The van der Waals surface area contributed by atoms with Crippen LogP contribution in [0.1, 0.15) is 30.5 Å². The molecule has 0 radical (unpaired) electrons. The summed E-state index contributed by atoms with van der Waals surface area (Å²) in [4.78, 5) is 12.0. The number of hydrogen-bond donors (Lipinski definition) is 3. The second-order valence-electron chi connectivity index (χ2n) is 7.14. The average molecular weight is 380 g/mol. The maximum Gasteiger partial charge on any atom is 0.213 e. The molecule has 6 nitrogen and oxygen atoms in total. The van der Waals surface area contributed by atoms with Crippen molar-refractivity contribution < 1.29 is 4.74 Å². The van der Waals surface area contributed by atoms with Crippen LogP contribution in [0.15, 0.2) is 47.7 Å². The lowest BCUT2D eigenvalue weighted by molar-refractivity contribution is 0.232. The monoisotopic (exact) mass is 379 g/mol. The molecule has 0 aliphatic heterocycles. The Morgan fingerprint density at radius 3 is 2.79 bits per heavy atom. The van der Waals surface area contributed by atoms with Gasteiger partial charge in [0.15, 0.2) is 5.96 Å². The number of nitrogens with zero attached hydrogens (tertiary/aromatic N) is 2. The number of aromatic nitrogens is 2.